The van der Waals surface area contributed by atoms with Crippen molar-refractivity contribution in [1.29, 1.82) is 5.26 Å². The first kappa shape index (κ1) is 20.7. The van der Waals surface area contributed by atoms with Gasteiger partial charge >= 0.3 is 5.97 Å². The zero-order chi connectivity index (χ0) is 21.8. The third kappa shape index (κ3) is 4.63. The Morgan fingerprint density at radius 1 is 1.13 bits per heavy atom. The van der Waals surface area contributed by atoms with E-state index in [1.165, 1.54) is 11.3 Å². The number of thiophene rings is 1. The van der Waals surface area contributed by atoms with Gasteiger partial charge in [-0.25, -0.2) is 9.78 Å². The Hall–Kier alpha value is -3.54. The number of nitrogens with zero attached hydrogens (tertiary/aromatic N) is 2. The number of anilines is 1. The van der Waals surface area contributed by atoms with Crippen LogP contribution in [-0.2, 0) is 9.53 Å². The molecule has 4 rings (SSSR count). The van der Waals surface area contributed by atoms with Gasteiger partial charge in [0.05, 0.1) is 22.3 Å². The van der Waals surface area contributed by atoms with E-state index in [2.05, 4.69) is 26.2 Å². The first-order valence-electron chi connectivity index (χ1n) is 9.15. The van der Waals surface area contributed by atoms with Crippen LogP contribution in [0, 0.1) is 11.3 Å². The first-order valence-corrected chi connectivity index (χ1v) is 10.8. The molecule has 0 aliphatic carbocycles. The molecule has 4 aromatic rings. The number of nitriles is 1. The van der Waals surface area contributed by atoms with E-state index in [0.29, 0.717) is 32.7 Å². The van der Waals surface area contributed by atoms with Gasteiger partial charge in [0, 0.05) is 15.4 Å². The lowest BCUT2D eigenvalue weighted by atomic mass is 10.0. The maximum absolute atomic E-state index is 12.9. The molecule has 0 unspecified atom stereocenters. The zero-order valence-corrected chi connectivity index (χ0v) is 18.4. The molecule has 6 nitrogen and oxygen atoms in total. The number of hydrogen-bond acceptors (Lipinski definition) is 6. The molecule has 31 heavy (non-hydrogen) atoms. The summed E-state index contributed by atoms with van der Waals surface area (Å²) < 4.78 is 6.16. The summed E-state index contributed by atoms with van der Waals surface area (Å²) in [5, 5.41) is 14.4. The lowest BCUT2D eigenvalue weighted by Gasteiger charge is -2.10. The number of esters is 1. The molecule has 0 spiro atoms. The van der Waals surface area contributed by atoms with Gasteiger partial charge in [-0.15, -0.1) is 11.3 Å². The van der Waals surface area contributed by atoms with E-state index in [0.717, 1.165) is 10.0 Å². The second kappa shape index (κ2) is 9.08. The maximum atomic E-state index is 12.9. The van der Waals surface area contributed by atoms with Gasteiger partial charge in [0.1, 0.15) is 11.1 Å². The van der Waals surface area contributed by atoms with Gasteiger partial charge < -0.3 is 10.1 Å². The lowest BCUT2D eigenvalue weighted by Crippen LogP contribution is -2.21. The molecule has 2 aromatic carbocycles. The zero-order valence-electron chi connectivity index (χ0n) is 16.0. The van der Waals surface area contributed by atoms with Gasteiger partial charge in [0.2, 0.25) is 0 Å². The number of rotatable bonds is 5. The first-order chi connectivity index (χ1) is 15.0. The van der Waals surface area contributed by atoms with E-state index in [9.17, 15) is 9.59 Å². The molecule has 2 heterocycles. The molecule has 0 radical (unpaired) electrons. The van der Waals surface area contributed by atoms with Crippen LogP contribution in [-0.4, -0.2) is 23.5 Å². The molecule has 0 saturated heterocycles. The molecule has 1 N–H and O–H groups in total. The van der Waals surface area contributed by atoms with Crippen LogP contribution in [0.25, 0.3) is 22.2 Å². The number of halogens is 1. The fourth-order valence-corrected chi connectivity index (χ4v) is 4.16. The summed E-state index contributed by atoms with van der Waals surface area (Å²) in [5.74, 6) is -1.14. The second-order valence-electron chi connectivity index (χ2n) is 6.48. The molecule has 0 aliphatic heterocycles. The lowest BCUT2D eigenvalue weighted by molar-refractivity contribution is -0.119. The Morgan fingerprint density at radius 3 is 2.77 bits per heavy atom. The number of ether oxygens (including phenoxy) is 1. The Balaban J connectivity index is 1.58. The summed E-state index contributed by atoms with van der Waals surface area (Å²) in [5.41, 5.74) is 2.79. The molecule has 0 fully saturated rings. The van der Waals surface area contributed by atoms with Crippen molar-refractivity contribution < 1.29 is 14.3 Å². The Kier molecular flexibility index (Phi) is 6.07. The molecule has 0 aliphatic rings. The Morgan fingerprint density at radius 2 is 1.97 bits per heavy atom. The highest BCUT2D eigenvalue weighted by atomic mass is 79.9. The normalized spacial score (nSPS) is 10.5. The number of para-hydroxylation sites is 1. The number of amides is 1. The third-order valence-electron chi connectivity index (χ3n) is 4.43. The number of aromatic nitrogens is 1. The van der Waals surface area contributed by atoms with Gasteiger partial charge in [-0.05, 0) is 35.7 Å². The van der Waals surface area contributed by atoms with Crippen molar-refractivity contribution in [2.75, 3.05) is 11.9 Å². The SMILES string of the molecule is N#Cc1ccsc1NC(=O)COC(=O)c1cc(-c2cccc(Br)c2)nc2ccccc12. The number of pyridine rings is 1. The summed E-state index contributed by atoms with van der Waals surface area (Å²) >= 11 is 4.68. The van der Waals surface area contributed by atoms with Crippen molar-refractivity contribution in [3.8, 4) is 17.3 Å². The molecule has 2 aromatic heterocycles. The van der Waals surface area contributed by atoms with Crippen molar-refractivity contribution in [1.82, 2.24) is 4.98 Å². The van der Waals surface area contributed by atoms with Crippen LogP contribution < -0.4 is 5.32 Å². The van der Waals surface area contributed by atoms with Crippen molar-refractivity contribution in [2.45, 2.75) is 0 Å². The number of nitrogens with one attached hydrogen (secondary N) is 1. The van der Waals surface area contributed by atoms with Crippen molar-refractivity contribution in [3.63, 3.8) is 0 Å². The van der Waals surface area contributed by atoms with E-state index < -0.39 is 18.5 Å². The van der Waals surface area contributed by atoms with Gasteiger partial charge in [0.15, 0.2) is 6.61 Å². The highest BCUT2D eigenvalue weighted by Gasteiger charge is 2.17. The quantitative estimate of drug-likeness (QED) is 0.377. The maximum Gasteiger partial charge on any atom is 0.339 e. The standard InChI is InChI=1S/C23H14BrN3O3S/c24-16-5-3-4-14(10-16)20-11-18(17-6-1-2-7-19(17)26-20)23(29)30-13-21(28)27-22-15(12-25)8-9-31-22/h1-11H,13H2,(H,27,28). The summed E-state index contributed by atoms with van der Waals surface area (Å²) in [6.45, 7) is -0.468. The smallest absolute Gasteiger partial charge is 0.339 e. The molecule has 0 bridgehead atoms. The van der Waals surface area contributed by atoms with E-state index in [4.69, 9.17) is 10.00 Å². The van der Waals surface area contributed by atoms with Gasteiger partial charge in [-0.1, -0.05) is 46.3 Å². The number of fused-ring (bicyclic) bond motifs is 1. The molecular formula is C23H14BrN3O3S. The highest BCUT2D eigenvalue weighted by molar-refractivity contribution is 9.10. The minimum absolute atomic E-state index is 0.321. The van der Waals surface area contributed by atoms with Crippen molar-refractivity contribution >= 4 is 55.0 Å². The van der Waals surface area contributed by atoms with Crippen molar-refractivity contribution in [2.24, 2.45) is 0 Å². The monoisotopic (exact) mass is 491 g/mol. The molecule has 152 valence electrons. The van der Waals surface area contributed by atoms with Crippen LogP contribution in [0.4, 0.5) is 5.00 Å². The number of hydrogen-bond donors (Lipinski definition) is 1. The van der Waals surface area contributed by atoms with Crippen LogP contribution >= 0.6 is 27.3 Å². The van der Waals surface area contributed by atoms with Crippen LogP contribution in [0.2, 0.25) is 0 Å². The predicted molar refractivity (Wildman–Crippen MR) is 123 cm³/mol. The summed E-state index contributed by atoms with van der Waals surface area (Å²) in [6, 6.07) is 20.1. The van der Waals surface area contributed by atoms with Gasteiger partial charge in [-0.2, -0.15) is 5.26 Å². The Bertz CT molecular complexity index is 1340. The van der Waals surface area contributed by atoms with E-state index in [1.807, 2.05) is 48.5 Å². The Labute approximate surface area is 190 Å². The summed E-state index contributed by atoms with van der Waals surface area (Å²) in [7, 11) is 0. The van der Waals surface area contributed by atoms with E-state index in [1.54, 1.807) is 23.6 Å². The average Bonchev–Trinajstić information content (AvgIpc) is 3.23. The topological polar surface area (TPSA) is 92.1 Å². The fraction of sp³-hybridized carbons (Fsp3) is 0.0435. The predicted octanol–water partition coefficient (Wildman–Crippen LogP) is 5.39. The number of carbonyl (C=O) groups excluding carboxylic acids is 2. The van der Waals surface area contributed by atoms with Crippen LogP contribution in [0.3, 0.4) is 0 Å². The van der Waals surface area contributed by atoms with Crippen LogP contribution in [0.1, 0.15) is 15.9 Å². The van der Waals surface area contributed by atoms with E-state index >= 15 is 0 Å². The van der Waals surface area contributed by atoms with Crippen molar-refractivity contribution in [3.05, 3.63) is 81.6 Å². The van der Waals surface area contributed by atoms with Gasteiger partial charge in [0.25, 0.3) is 5.91 Å². The van der Waals surface area contributed by atoms with Crippen LogP contribution in [0.15, 0.2) is 70.5 Å². The molecule has 8 heteroatoms. The summed E-state index contributed by atoms with van der Waals surface area (Å²) in [6.07, 6.45) is 0. The van der Waals surface area contributed by atoms with Crippen LogP contribution in [0.5, 0.6) is 0 Å². The second-order valence-corrected chi connectivity index (χ2v) is 8.31. The molecular weight excluding hydrogens is 478 g/mol. The van der Waals surface area contributed by atoms with Gasteiger partial charge in [-0.3, -0.25) is 4.79 Å². The average molecular weight is 492 g/mol. The molecule has 1 amide bonds. The summed E-state index contributed by atoms with van der Waals surface area (Å²) in [4.78, 5) is 29.7. The fourth-order valence-electron chi connectivity index (χ4n) is 3.01. The third-order valence-corrected chi connectivity index (χ3v) is 5.75. The minimum Gasteiger partial charge on any atom is -0.452 e. The number of benzene rings is 2. The van der Waals surface area contributed by atoms with E-state index in [-0.39, 0.29) is 0 Å². The largest absolute Gasteiger partial charge is 0.452 e. The highest BCUT2D eigenvalue weighted by Crippen LogP contribution is 2.27. The number of carbonyl (C=O) groups is 2. The molecule has 0 atom stereocenters. The minimum atomic E-state index is -0.628. The molecule has 0 saturated carbocycles.